The molecule has 1 atom stereocenters. The van der Waals surface area contributed by atoms with Crippen LogP contribution in [0.4, 0.5) is 4.79 Å². The molecule has 0 saturated heterocycles. The van der Waals surface area contributed by atoms with Crippen LogP contribution in [0, 0.1) is 0 Å². The van der Waals surface area contributed by atoms with Crippen molar-refractivity contribution in [2.45, 2.75) is 44.4 Å². The lowest BCUT2D eigenvalue weighted by Gasteiger charge is -2.16. The average Bonchev–Trinajstić information content (AvgIpc) is 3.40. The first-order chi connectivity index (χ1) is 15.4. The molecular weight excluding hydrogens is 450 g/mol. The van der Waals surface area contributed by atoms with Gasteiger partial charge in [0.25, 0.3) is 5.91 Å². The summed E-state index contributed by atoms with van der Waals surface area (Å²) in [4.78, 5) is 33.3. The molecule has 0 aliphatic carbocycles. The van der Waals surface area contributed by atoms with Gasteiger partial charge in [-0.05, 0) is 25.0 Å². The lowest BCUT2D eigenvalue weighted by atomic mass is 10.2. The molecule has 170 valence electrons. The van der Waals surface area contributed by atoms with Crippen molar-refractivity contribution in [3.8, 4) is 0 Å². The first-order valence-electron chi connectivity index (χ1n) is 10.3. The van der Waals surface area contributed by atoms with Gasteiger partial charge in [-0.25, -0.2) is 19.3 Å². The number of aromatic nitrogens is 4. The van der Waals surface area contributed by atoms with Gasteiger partial charge in [0.05, 0.1) is 25.5 Å². The van der Waals surface area contributed by atoms with Gasteiger partial charge in [-0.2, -0.15) is 0 Å². The molecule has 32 heavy (non-hydrogen) atoms. The van der Waals surface area contributed by atoms with E-state index in [9.17, 15) is 9.59 Å². The highest BCUT2D eigenvalue weighted by atomic mass is 35.5. The summed E-state index contributed by atoms with van der Waals surface area (Å²) < 4.78 is 7.83. The first kappa shape index (κ1) is 23.9. The Labute approximate surface area is 196 Å². The molecule has 0 aliphatic heterocycles. The Morgan fingerprint density at radius 3 is 2.78 bits per heavy atom. The summed E-state index contributed by atoms with van der Waals surface area (Å²) in [7, 11) is 1.31. The Bertz CT molecular complexity index is 1080. The van der Waals surface area contributed by atoms with E-state index in [1.807, 2.05) is 35.8 Å². The first-order valence-corrected chi connectivity index (χ1v) is 11.6. The number of halogens is 1. The fourth-order valence-electron chi connectivity index (χ4n) is 3.14. The van der Waals surface area contributed by atoms with Gasteiger partial charge in [0.2, 0.25) is 0 Å². The molecule has 1 amide bonds. The molecule has 3 aromatic rings. The van der Waals surface area contributed by atoms with Crippen LogP contribution in [0.1, 0.15) is 42.0 Å². The third kappa shape index (κ3) is 5.92. The third-order valence-electron chi connectivity index (χ3n) is 4.69. The number of imidazole rings is 2. The van der Waals surface area contributed by atoms with Crippen molar-refractivity contribution < 1.29 is 14.3 Å². The highest BCUT2D eigenvalue weighted by molar-refractivity contribution is 7.99. The molecule has 0 unspecified atom stereocenters. The fraction of sp³-hybridized carbons (Fsp3) is 0.364. The number of ether oxygens (including phenoxy) is 1. The van der Waals surface area contributed by atoms with E-state index in [2.05, 4.69) is 26.9 Å². The standard InChI is InChI=1S/C22H26ClN5O3S/c1-4-9-32-21-24-11-19(28(21)12-16-7-5-6-8-18(16)23)20(29)26-15(2)10-17-13-27(14-25-17)22(30)31-3/h5-8,11,13-15H,4,9-10,12H2,1-3H3,(H,26,29)/t15-/m1/s1. The minimum absolute atomic E-state index is 0.209. The number of carbonyl (C=O) groups excluding carboxylic acids is 2. The lowest BCUT2D eigenvalue weighted by Crippen LogP contribution is -2.35. The van der Waals surface area contributed by atoms with Gasteiger partial charge in [-0.3, -0.25) is 4.79 Å². The molecule has 1 N–H and O–H groups in total. The molecule has 0 saturated carbocycles. The minimum atomic E-state index is -0.513. The van der Waals surface area contributed by atoms with Crippen LogP contribution < -0.4 is 5.32 Å². The zero-order valence-corrected chi connectivity index (χ0v) is 19.8. The van der Waals surface area contributed by atoms with E-state index in [1.165, 1.54) is 18.0 Å². The summed E-state index contributed by atoms with van der Waals surface area (Å²) in [5.74, 6) is 0.674. The van der Waals surface area contributed by atoms with Crippen molar-refractivity contribution in [1.82, 2.24) is 24.4 Å². The molecule has 0 radical (unpaired) electrons. The molecule has 2 aromatic heterocycles. The zero-order chi connectivity index (χ0) is 23.1. The molecule has 3 rings (SSSR count). The van der Waals surface area contributed by atoms with Crippen molar-refractivity contribution in [3.05, 3.63) is 65.0 Å². The third-order valence-corrected chi connectivity index (χ3v) is 6.25. The largest absolute Gasteiger partial charge is 0.452 e. The molecule has 0 fully saturated rings. The maximum Gasteiger partial charge on any atom is 0.418 e. The number of nitrogens with one attached hydrogen (secondary N) is 1. The summed E-state index contributed by atoms with van der Waals surface area (Å²) in [6, 6.07) is 7.37. The highest BCUT2D eigenvalue weighted by Gasteiger charge is 2.20. The molecule has 0 bridgehead atoms. The topological polar surface area (TPSA) is 91.0 Å². The van der Waals surface area contributed by atoms with E-state index in [-0.39, 0.29) is 11.9 Å². The Balaban J connectivity index is 1.75. The summed E-state index contributed by atoms with van der Waals surface area (Å²) >= 11 is 7.97. The Kier molecular flexibility index (Phi) is 8.35. The van der Waals surface area contributed by atoms with Gasteiger partial charge in [0.15, 0.2) is 5.16 Å². The zero-order valence-electron chi connectivity index (χ0n) is 18.2. The van der Waals surface area contributed by atoms with Crippen LogP contribution >= 0.6 is 23.4 Å². The molecule has 1 aromatic carbocycles. The van der Waals surface area contributed by atoms with Crippen LogP contribution in [0.3, 0.4) is 0 Å². The summed E-state index contributed by atoms with van der Waals surface area (Å²) in [6.45, 7) is 4.44. The van der Waals surface area contributed by atoms with Crippen LogP contribution in [0.15, 0.2) is 48.1 Å². The molecule has 0 aliphatic rings. The monoisotopic (exact) mass is 475 g/mol. The second kappa shape index (κ2) is 11.2. The molecule has 8 nitrogen and oxygen atoms in total. The second-order valence-corrected chi connectivity index (χ2v) is 8.74. The van der Waals surface area contributed by atoms with Crippen molar-refractivity contribution in [2.75, 3.05) is 12.9 Å². The van der Waals surface area contributed by atoms with Gasteiger partial charge in [-0.1, -0.05) is 48.5 Å². The summed E-state index contributed by atoms with van der Waals surface area (Å²) in [5, 5.41) is 4.43. The summed E-state index contributed by atoms with van der Waals surface area (Å²) in [5.41, 5.74) is 2.06. The van der Waals surface area contributed by atoms with Crippen molar-refractivity contribution in [1.29, 1.82) is 0 Å². The van der Waals surface area contributed by atoms with E-state index in [0.717, 1.165) is 22.9 Å². The van der Waals surface area contributed by atoms with Crippen LogP contribution in [0.2, 0.25) is 5.02 Å². The number of hydrogen-bond acceptors (Lipinski definition) is 6. The van der Waals surface area contributed by atoms with E-state index >= 15 is 0 Å². The predicted molar refractivity (Wildman–Crippen MR) is 124 cm³/mol. The van der Waals surface area contributed by atoms with E-state index in [1.54, 1.807) is 24.2 Å². The van der Waals surface area contributed by atoms with Crippen LogP contribution in [0.25, 0.3) is 0 Å². The van der Waals surface area contributed by atoms with Crippen molar-refractivity contribution in [2.24, 2.45) is 0 Å². The van der Waals surface area contributed by atoms with Crippen molar-refractivity contribution in [3.63, 3.8) is 0 Å². The Hall–Kier alpha value is -2.78. The SMILES string of the molecule is CCCSc1ncc(C(=O)N[C@H](C)Cc2cn(C(=O)OC)cn2)n1Cc1ccccc1Cl. The molecular formula is C22H26ClN5O3S. The normalized spacial score (nSPS) is 11.9. The van der Waals surface area contributed by atoms with E-state index < -0.39 is 6.09 Å². The number of thioether (sulfide) groups is 1. The lowest BCUT2D eigenvalue weighted by molar-refractivity contribution is 0.0930. The van der Waals surface area contributed by atoms with Crippen LogP contribution in [-0.2, 0) is 17.7 Å². The van der Waals surface area contributed by atoms with Gasteiger partial charge in [0, 0.05) is 29.4 Å². The van der Waals surface area contributed by atoms with Gasteiger partial charge < -0.3 is 14.6 Å². The maximum atomic E-state index is 13.1. The van der Waals surface area contributed by atoms with Gasteiger partial charge in [-0.15, -0.1) is 0 Å². The van der Waals surface area contributed by atoms with Gasteiger partial charge >= 0.3 is 6.09 Å². The number of amides is 1. The number of hydrogen-bond donors (Lipinski definition) is 1. The second-order valence-electron chi connectivity index (χ2n) is 7.27. The predicted octanol–water partition coefficient (Wildman–Crippen LogP) is 4.26. The Morgan fingerprint density at radius 1 is 1.28 bits per heavy atom. The Morgan fingerprint density at radius 2 is 2.06 bits per heavy atom. The van der Waals surface area contributed by atoms with Crippen LogP contribution in [0.5, 0.6) is 0 Å². The number of carbonyl (C=O) groups is 2. The molecule has 2 heterocycles. The highest BCUT2D eigenvalue weighted by Crippen LogP contribution is 2.24. The number of rotatable bonds is 9. The minimum Gasteiger partial charge on any atom is -0.452 e. The number of benzene rings is 1. The number of methoxy groups -OCH3 is 1. The quantitative estimate of drug-likeness (QED) is 0.465. The van der Waals surface area contributed by atoms with E-state index in [0.29, 0.717) is 29.4 Å². The fourth-order valence-corrected chi connectivity index (χ4v) is 4.16. The van der Waals surface area contributed by atoms with Gasteiger partial charge in [0.1, 0.15) is 12.0 Å². The maximum absolute atomic E-state index is 13.1. The van der Waals surface area contributed by atoms with Crippen molar-refractivity contribution >= 4 is 35.4 Å². The number of nitrogens with zero attached hydrogens (tertiary/aromatic N) is 4. The average molecular weight is 476 g/mol. The summed E-state index contributed by atoms with van der Waals surface area (Å²) in [6.07, 6.45) is 5.54. The molecule has 0 spiro atoms. The van der Waals surface area contributed by atoms with Crippen LogP contribution in [-0.4, -0.2) is 50.0 Å². The molecule has 10 heteroatoms. The van der Waals surface area contributed by atoms with E-state index in [4.69, 9.17) is 11.6 Å². The smallest absolute Gasteiger partial charge is 0.418 e.